The van der Waals surface area contributed by atoms with Crippen LogP contribution in [0.3, 0.4) is 0 Å². The normalized spacial score (nSPS) is 13.2. The molecule has 2 rings (SSSR count). The van der Waals surface area contributed by atoms with Crippen LogP contribution < -0.4 is 0 Å². The van der Waals surface area contributed by atoms with Gasteiger partial charge in [0.1, 0.15) is 17.6 Å². The summed E-state index contributed by atoms with van der Waals surface area (Å²) in [5.41, 5.74) is 1.03. The van der Waals surface area contributed by atoms with Crippen molar-refractivity contribution in [2.24, 2.45) is 0 Å². The van der Waals surface area contributed by atoms with Crippen LogP contribution in [-0.4, -0.2) is 8.32 Å². The van der Waals surface area contributed by atoms with Crippen molar-refractivity contribution >= 4 is 8.32 Å². The van der Waals surface area contributed by atoms with Gasteiger partial charge in [0.2, 0.25) is 0 Å². The third-order valence-electron chi connectivity index (χ3n) is 4.62. The molecule has 0 bridgehead atoms. The van der Waals surface area contributed by atoms with E-state index in [0.29, 0.717) is 6.42 Å². The first-order valence-electron chi connectivity index (χ1n) is 8.47. The minimum Gasteiger partial charge on any atom is -0.464 e. The molecule has 3 heteroatoms. The molecule has 1 heterocycles. The Labute approximate surface area is 147 Å². The van der Waals surface area contributed by atoms with Crippen LogP contribution in [0, 0.1) is 18.8 Å². The zero-order valence-corrected chi connectivity index (χ0v) is 16.6. The molecule has 0 aliphatic rings. The fraction of sp³-hybridized carbons (Fsp3) is 0.429. The van der Waals surface area contributed by atoms with Gasteiger partial charge in [-0.3, -0.25) is 0 Å². The Hall–Kier alpha value is -1.76. The second-order valence-electron chi connectivity index (χ2n) is 7.69. The lowest BCUT2D eigenvalue weighted by atomic mass is 10.2. The van der Waals surface area contributed by atoms with E-state index in [1.165, 1.54) is 0 Å². The summed E-state index contributed by atoms with van der Waals surface area (Å²) in [7, 11) is -1.90. The van der Waals surface area contributed by atoms with E-state index in [1.54, 1.807) is 0 Å². The smallest absolute Gasteiger partial charge is 0.193 e. The Morgan fingerprint density at radius 2 is 1.75 bits per heavy atom. The Balaban J connectivity index is 2.20. The SMILES string of the molecule is Cc1ccc(C(CC#Cc2ccccc2)O[Si](C)(C)C(C)(C)C)o1. The molecule has 0 spiro atoms. The number of hydrogen-bond donors (Lipinski definition) is 0. The zero-order valence-electron chi connectivity index (χ0n) is 15.6. The van der Waals surface area contributed by atoms with E-state index in [4.69, 9.17) is 8.84 Å². The molecule has 2 aromatic rings. The summed E-state index contributed by atoms with van der Waals surface area (Å²) in [6.07, 6.45) is 0.518. The van der Waals surface area contributed by atoms with Crippen molar-refractivity contribution in [2.75, 3.05) is 0 Å². The standard InChI is InChI=1S/C21H28O2Si/c1-17-15-16-19(22-17)20(23-24(5,6)21(2,3)4)14-10-13-18-11-8-7-9-12-18/h7-9,11-12,15-16,20H,14H2,1-6H3. The van der Waals surface area contributed by atoms with Crippen LogP contribution >= 0.6 is 0 Å². The average Bonchev–Trinajstić information content (AvgIpc) is 2.92. The van der Waals surface area contributed by atoms with Gasteiger partial charge in [0.05, 0.1) is 0 Å². The first-order chi connectivity index (χ1) is 11.2. The van der Waals surface area contributed by atoms with Crippen LogP contribution in [-0.2, 0) is 4.43 Å². The van der Waals surface area contributed by atoms with E-state index in [0.717, 1.165) is 17.1 Å². The number of furan rings is 1. The van der Waals surface area contributed by atoms with Gasteiger partial charge in [0, 0.05) is 12.0 Å². The van der Waals surface area contributed by atoms with E-state index in [-0.39, 0.29) is 11.1 Å². The summed E-state index contributed by atoms with van der Waals surface area (Å²) in [5, 5.41) is 0.153. The Kier molecular flexibility index (Phi) is 5.74. The van der Waals surface area contributed by atoms with Crippen LogP contribution in [0.25, 0.3) is 0 Å². The van der Waals surface area contributed by atoms with Gasteiger partial charge in [0.25, 0.3) is 0 Å². The molecule has 2 nitrogen and oxygen atoms in total. The molecule has 1 aromatic heterocycles. The Morgan fingerprint density at radius 3 is 2.29 bits per heavy atom. The van der Waals surface area contributed by atoms with Crippen molar-refractivity contribution in [3.63, 3.8) is 0 Å². The highest BCUT2D eigenvalue weighted by Gasteiger charge is 2.39. The molecule has 1 aromatic carbocycles. The highest BCUT2D eigenvalue weighted by atomic mass is 28.4. The summed E-state index contributed by atoms with van der Waals surface area (Å²) in [5.74, 6) is 8.27. The summed E-state index contributed by atoms with van der Waals surface area (Å²) in [4.78, 5) is 0. The second-order valence-corrected chi connectivity index (χ2v) is 12.4. The maximum atomic E-state index is 6.58. The van der Waals surface area contributed by atoms with Crippen molar-refractivity contribution in [2.45, 2.75) is 58.4 Å². The van der Waals surface area contributed by atoms with Gasteiger partial charge in [-0.05, 0) is 49.3 Å². The maximum Gasteiger partial charge on any atom is 0.193 e. The van der Waals surface area contributed by atoms with Crippen molar-refractivity contribution in [3.8, 4) is 11.8 Å². The maximum absolute atomic E-state index is 6.58. The van der Waals surface area contributed by atoms with Crippen molar-refractivity contribution < 1.29 is 8.84 Å². The third-order valence-corrected chi connectivity index (χ3v) is 9.10. The van der Waals surface area contributed by atoms with Gasteiger partial charge in [-0.2, -0.15) is 0 Å². The van der Waals surface area contributed by atoms with Gasteiger partial charge in [0.15, 0.2) is 8.32 Å². The second kappa shape index (κ2) is 7.42. The van der Waals surface area contributed by atoms with Gasteiger partial charge in [-0.25, -0.2) is 0 Å². The van der Waals surface area contributed by atoms with Gasteiger partial charge >= 0.3 is 0 Å². The molecular weight excluding hydrogens is 312 g/mol. The van der Waals surface area contributed by atoms with Crippen molar-refractivity contribution in [3.05, 3.63) is 59.5 Å². The molecule has 0 saturated heterocycles. The Bertz CT molecular complexity index is 712. The monoisotopic (exact) mass is 340 g/mol. The number of benzene rings is 1. The summed E-state index contributed by atoms with van der Waals surface area (Å²) in [6, 6.07) is 14.0. The molecule has 128 valence electrons. The number of rotatable bonds is 4. The summed E-state index contributed by atoms with van der Waals surface area (Å²) >= 11 is 0. The number of aryl methyl sites for hydroxylation is 1. The van der Waals surface area contributed by atoms with Gasteiger partial charge < -0.3 is 8.84 Å². The number of hydrogen-bond acceptors (Lipinski definition) is 2. The predicted molar refractivity (Wildman–Crippen MR) is 102 cm³/mol. The highest BCUT2D eigenvalue weighted by molar-refractivity contribution is 6.74. The quantitative estimate of drug-likeness (QED) is 0.496. The molecule has 0 aliphatic carbocycles. The van der Waals surface area contributed by atoms with Gasteiger partial charge in [-0.15, -0.1) is 0 Å². The van der Waals surface area contributed by atoms with Gasteiger partial charge in [-0.1, -0.05) is 50.8 Å². The van der Waals surface area contributed by atoms with E-state index < -0.39 is 8.32 Å². The third kappa shape index (κ3) is 4.86. The molecule has 0 saturated carbocycles. The molecule has 0 fully saturated rings. The van der Waals surface area contributed by atoms with Crippen LogP contribution in [0.15, 0.2) is 46.9 Å². The van der Waals surface area contributed by atoms with Crippen LogP contribution in [0.5, 0.6) is 0 Å². The summed E-state index contributed by atoms with van der Waals surface area (Å²) < 4.78 is 12.4. The molecule has 0 N–H and O–H groups in total. The Morgan fingerprint density at radius 1 is 1.08 bits per heavy atom. The van der Waals surface area contributed by atoms with E-state index in [9.17, 15) is 0 Å². The van der Waals surface area contributed by atoms with E-state index >= 15 is 0 Å². The zero-order chi connectivity index (χ0) is 17.8. The highest BCUT2D eigenvalue weighted by Crippen LogP contribution is 2.40. The topological polar surface area (TPSA) is 22.4 Å². The van der Waals surface area contributed by atoms with Crippen molar-refractivity contribution in [1.29, 1.82) is 0 Å². The molecular formula is C21H28O2Si. The molecule has 1 unspecified atom stereocenters. The van der Waals surface area contributed by atoms with Crippen LogP contribution in [0.4, 0.5) is 0 Å². The molecule has 24 heavy (non-hydrogen) atoms. The molecule has 1 atom stereocenters. The largest absolute Gasteiger partial charge is 0.464 e. The van der Waals surface area contributed by atoms with Crippen molar-refractivity contribution in [1.82, 2.24) is 0 Å². The first-order valence-corrected chi connectivity index (χ1v) is 11.4. The minimum absolute atomic E-state index is 0.115. The van der Waals surface area contributed by atoms with Crippen LogP contribution in [0.2, 0.25) is 18.1 Å². The molecule has 0 radical (unpaired) electrons. The predicted octanol–water partition coefficient (Wildman–Crippen LogP) is 6.09. The lowest BCUT2D eigenvalue weighted by Gasteiger charge is -2.38. The first kappa shape index (κ1) is 18.6. The van der Waals surface area contributed by atoms with E-state index in [1.807, 2.05) is 49.4 Å². The minimum atomic E-state index is -1.90. The van der Waals surface area contributed by atoms with E-state index in [2.05, 4.69) is 45.7 Å². The molecule has 0 amide bonds. The fourth-order valence-electron chi connectivity index (χ4n) is 2.13. The molecule has 0 aliphatic heterocycles. The van der Waals surface area contributed by atoms with Crippen LogP contribution in [0.1, 0.15) is 50.4 Å². The average molecular weight is 341 g/mol. The fourth-order valence-corrected chi connectivity index (χ4v) is 3.39. The lowest BCUT2D eigenvalue weighted by molar-refractivity contribution is 0.160. The summed E-state index contributed by atoms with van der Waals surface area (Å²) in [6.45, 7) is 13.2. The lowest BCUT2D eigenvalue weighted by Crippen LogP contribution is -2.41.